The fourth-order valence-electron chi connectivity index (χ4n) is 1.90. The van der Waals surface area contributed by atoms with Gasteiger partial charge in [0.15, 0.2) is 5.16 Å². The quantitative estimate of drug-likeness (QED) is 0.589. The number of amides is 1. The zero-order valence-electron chi connectivity index (χ0n) is 13.2. The third-order valence-electron chi connectivity index (χ3n) is 2.59. The predicted molar refractivity (Wildman–Crippen MR) is 87.8 cm³/mol. The van der Waals surface area contributed by atoms with Crippen LogP contribution in [-0.2, 0) is 4.79 Å². The van der Waals surface area contributed by atoms with Crippen molar-refractivity contribution in [2.75, 3.05) is 30.3 Å². The molecular weight excluding hydrogens is 286 g/mol. The lowest BCUT2D eigenvalue weighted by Gasteiger charge is -2.26. The van der Waals surface area contributed by atoms with Crippen LogP contribution in [0.5, 0.6) is 0 Å². The summed E-state index contributed by atoms with van der Waals surface area (Å²) < 4.78 is 0. The van der Waals surface area contributed by atoms with E-state index in [9.17, 15) is 4.79 Å². The fourth-order valence-corrected chi connectivity index (χ4v) is 2.68. The van der Waals surface area contributed by atoms with E-state index in [1.165, 1.54) is 17.8 Å². The maximum absolute atomic E-state index is 12.3. The lowest BCUT2D eigenvalue weighted by Crippen LogP contribution is -2.38. The topological polar surface area (TPSA) is 98.1 Å². The summed E-state index contributed by atoms with van der Waals surface area (Å²) in [4.78, 5) is 22.4. The Labute approximate surface area is 130 Å². The number of carbonyl (C=O) groups excluding carboxylic acids is 1. The Morgan fingerprint density at radius 3 is 2.05 bits per heavy atom. The van der Waals surface area contributed by atoms with Crippen LogP contribution in [-0.4, -0.2) is 39.6 Å². The first-order valence-corrected chi connectivity index (χ1v) is 8.07. The van der Waals surface area contributed by atoms with E-state index < -0.39 is 0 Å². The van der Waals surface area contributed by atoms with Crippen molar-refractivity contribution in [3.8, 4) is 0 Å². The van der Waals surface area contributed by atoms with Crippen molar-refractivity contribution in [2.24, 2.45) is 11.8 Å². The molecule has 118 valence electrons. The van der Waals surface area contributed by atoms with Gasteiger partial charge in [0.05, 0.1) is 5.75 Å². The maximum Gasteiger partial charge on any atom is 0.233 e. The van der Waals surface area contributed by atoms with Gasteiger partial charge >= 0.3 is 0 Å². The number of aromatic nitrogens is 2. The lowest BCUT2D eigenvalue weighted by molar-refractivity contribution is -0.129. The van der Waals surface area contributed by atoms with Gasteiger partial charge in [-0.25, -0.2) is 9.97 Å². The molecule has 7 heteroatoms. The van der Waals surface area contributed by atoms with Crippen LogP contribution >= 0.6 is 11.8 Å². The molecule has 21 heavy (non-hydrogen) atoms. The molecule has 1 aromatic heterocycles. The summed E-state index contributed by atoms with van der Waals surface area (Å²) >= 11 is 1.27. The van der Waals surface area contributed by atoms with E-state index in [-0.39, 0.29) is 5.91 Å². The van der Waals surface area contributed by atoms with Crippen molar-refractivity contribution in [3.05, 3.63) is 6.07 Å². The van der Waals surface area contributed by atoms with Crippen LogP contribution in [0.15, 0.2) is 11.2 Å². The van der Waals surface area contributed by atoms with Crippen molar-refractivity contribution in [2.45, 2.75) is 32.9 Å². The second kappa shape index (κ2) is 8.07. The van der Waals surface area contributed by atoms with E-state index in [2.05, 4.69) is 37.7 Å². The molecule has 6 nitrogen and oxygen atoms in total. The minimum absolute atomic E-state index is 0.0898. The Balaban J connectivity index is 2.63. The van der Waals surface area contributed by atoms with Crippen molar-refractivity contribution in [1.29, 1.82) is 0 Å². The van der Waals surface area contributed by atoms with Crippen LogP contribution < -0.4 is 11.5 Å². The van der Waals surface area contributed by atoms with Crippen molar-refractivity contribution in [1.82, 2.24) is 14.9 Å². The van der Waals surface area contributed by atoms with Gasteiger partial charge in [-0.15, -0.1) is 0 Å². The molecule has 1 heterocycles. The highest BCUT2D eigenvalue weighted by molar-refractivity contribution is 7.99. The van der Waals surface area contributed by atoms with Gasteiger partial charge < -0.3 is 16.4 Å². The third-order valence-corrected chi connectivity index (χ3v) is 3.43. The number of hydrogen-bond donors (Lipinski definition) is 2. The molecule has 0 aliphatic heterocycles. The number of rotatable bonds is 7. The van der Waals surface area contributed by atoms with E-state index in [0.29, 0.717) is 34.4 Å². The van der Waals surface area contributed by atoms with E-state index in [0.717, 1.165) is 13.1 Å². The number of nitrogens with zero attached hydrogens (tertiary/aromatic N) is 3. The number of carbonyl (C=O) groups is 1. The Hall–Kier alpha value is -1.50. The first-order valence-electron chi connectivity index (χ1n) is 7.08. The number of thioether (sulfide) groups is 1. The van der Waals surface area contributed by atoms with Crippen molar-refractivity contribution in [3.63, 3.8) is 0 Å². The second-order valence-electron chi connectivity index (χ2n) is 5.88. The highest BCUT2D eigenvalue weighted by Crippen LogP contribution is 2.17. The summed E-state index contributed by atoms with van der Waals surface area (Å²) in [5, 5.41) is 0.440. The molecule has 0 bridgehead atoms. The van der Waals surface area contributed by atoms with Crippen LogP contribution in [0, 0.1) is 11.8 Å². The molecule has 0 aliphatic carbocycles. The molecule has 0 saturated carbocycles. The van der Waals surface area contributed by atoms with Crippen molar-refractivity contribution >= 4 is 29.3 Å². The smallest absolute Gasteiger partial charge is 0.233 e. The lowest BCUT2D eigenvalue weighted by atomic mass is 10.1. The molecule has 0 fully saturated rings. The van der Waals surface area contributed by atoms with Crippen molar-refractivity contribution < 1.29 is 4.79 Å². The highest BCUT2D eigenvalue weighted by atomic mass is 32.2. The molecule has 0 spiro atoms. The molecule has 1 aromatic rings. The Morgan fingerprint density at radius 1 is 1.14 bits per heavy atom. The molecule has 0 aliphatic rings. The van der Waals surface area contributed by atoms with Crippen LogP contribution in [0.2, 0.25) is 0 Å². The van der Waals surface area contributed by atoms with E-state index >= 15 is 0 Å². The molecule has 4 N–H and O–H groups in total. The van der Waals surface area contributed by atoms with Gasteiger partial charge in [-0.1, -0.05) is 39.5 Å². The molecule has 1 rings (SSSR count). The zero-order chi connectivity index (χ0) is 16.0. The average molecular weight is 311 g/mol. The first kappa shape index (κ1) is 17.6. The number of nitrogens with two attached hydrogens (primary N) is 2. The molecular formula is C14H25N5OS. The van der Waals surface area contributed by atoms with E-state index in [1.807, 2.05) is 4.90 Å². The zero-order valence-corrected chi connectivity index (χ0v) is 14.0. The van der Waals surface area contributed by atoms with E-state index in [1.54, 1.807) is 0 Å². The average Bonchev–Trinajstić information content (AvgIpc) is 2.32. The molecule has 0 saturated heterocycles. The SMILES string of the molecule is CC(C)CN(CC(C)C)C(=O)CSc1nc(N)cc(N)n1. The summed E-state index contributed by atoms with van der Waals surface area (Å²) in [6.07, 6.45) is 0. The largest absolute Gasteiger partial charge is 0.383 e. The molecule has 0 atom stereocenters. The van der Waals surface area contributed by atoms with Crippen LogP contribution in [0.1, 0.15) is 27.7 Å². The summed E-state index contributed by atoms with van der Waals surface area (Å²) in [6, 6.07) is 1.50. The summed E-state index contributed by atoms with van der Waals surface area (Å²) in [5.41, 5.74) is 11.2. The summed E-state index contributed by atoms with van der Waals surface area (Å²) in [7, 11) is 0. The van der Waals surface area contributed by atoms with Crippen LogP contribution in [0.4, 0.5) is 11.6 Å². The third kappa shape index (κ3) is 6.66. The monoisotopic (exact) mass is 311 g/mol. The summed E-state index contributed by atoms with van der Waals surface area (Å²) in [6.45, 7) is 9.95. The maximum atomic E-state index is 12.3. The first-order chi connectivity index (χ1) is 9.77. The van der Waals surface area contributed by atoms with Gasteiger partial charge in [0, 0.05) is 19.2 Å². The molecule has 0 radical (unpaired) electrons. The highest BCUT2D eigenvalue weighted by Gasteiger charge is 2.17. The Morgan fingerprint density at radius 2 is 1.62 bits per heavy atom. The van der Waals surface area contributed by atoms with Gasteiger partial charge in [-0.3, -0.25) is 4.79 Å². The Bertz CT molecular complexity index is 448. The second-order valence-corrected chi connectivity index (χ2v) is 6.82. The van der Waals surface area contributed by atoms with Gasteiger partial charge in [0.25, 0.3) is 0 Å². The van der Waals surface area contributed by atoms with Gasteiger partial charge in [0.2, 0.25) is 5.91 Å². The van der Waals surface area contributed by atoms with E-state index in [4.69, 9.17) is 11.5 Å². The number of anilines is 2. The fraction of sp³-hybridized carbons (Fsp3) is 0.643. The minimum atomic E-state index is 0.0898. The number of nitrogen functional groups attached to an aromatic ring is 2. The predicted octanol–water partition coefficient (Wildman–Crippen LogP) is 1.87. The van der Waals surface area contributed by atoms with Crippen LogP contribution in [0.3, 0.4) is 0 Å². The number of hydrogen-bond acceptors (Lipinski definition) is 6. The molecule has 0 aromatic carbocycles. The Kier molecular flexibility index (Phi) is 6.74. The standard InChI is InChI=1S/C14H25N5OS/c1-9(2)6-19(7-10(3)4)13(20)8-21-14-17-11(15)5-12(16)18-14/h5,9-10H,6-8H2,1-4H3,(H4,15,16,17,18). The molecule has 1 amide bonds. The minimum Gasteiger partial charge on any atom is -0.383 e. The van der Waals surface area contributed by atoms with Crippen LogP contribution in [0.25, 0.3) is 0 Å². The van der Waals surface area contributed by atoms with Gasteiger partial charge in [0.1, 0.15) is 11.6 Å². The van der Waals surface area contributed by atoms with Gasteiger partial charge in [-0.2, -0.15) is 0 Å². The summed E-state index contributed by atoms with van der Waals surface area (Å²) in [5.74, 6) is 1.90. The normalized spacial score (nSPS) is 11.1. The molecule has 0 unspecified atom stereocenters. The van der Waals surface area contributed by atoms with Gasteiger partial charge in [-0.05, 0) is 11.8 Å².